The van der Waals surface area contributed by atoms with Gasteiger partial charge in [-0.15, -0.1) is 0 Å². The number of hydrogen-bond donors (Lipinski definition) is 0. The molecule has 4 aromatic rings. The normalized spacial score (nSPS) is 10.6. The number of rotatable bonds is 3. The molecule has 0 saturated carbocycles. The van der Waals surface area contributed by atoms with E-state index >= 15 is 0 Å². The molecule has 4 rings (SSSR count). The molecule has 0 atom stereocenters. The largest absolute Gasteiger partial charge is 0.226 e. The van der Waals surface area contributed by atoms with Crippen LogP contribution in [0.2, 0.25) is 5.28 Å². The van der Waals surface area contributed by atoms with E-state index in [9.17, 15) is 0 Å². The quantitative estimate of drug-likeness (QED) is 0.491. The fourth-order valence-corrected chi connectivity index (χ4v) is 2.80. The smallest absolute Gasteiger partial charge is 0.208 e. The standard InChI is InChI=1S/C21H14ClN3/c22-21-24-19(17-9-5-2-6-10-17)23-20(25-21)18-13-11-16(12-14-18)15-7-3-1-4-8-15/h1-14H. The highest BCUT2D eigenvalue weighted by Crippen LogP contribution is 2.25. The molecule has 0 fully saturated rings. The Hall–Kier alpha value is -3.04. The topological polar surface area (TPSA) is 38.7 Å². The highest BCUT2D eigenvalue weighted by Gasteiger charge is 2.09. The SMILES string of the molecule is Clc1nc(-c2ccccc2)nc(-c2ccc(-c3ccccc3)cc2)n1. The van der Waals surface area contributed by atoms with Crippen LogP contribution in [-0.4, -0.2) is 15.0 Å². The molecule has 25 heavy (non-hydrogen) atoms. The van der Waals surface area contributed by atoms with Crippen LogP contribution < -0.4 is 0 Å². The van der Waals surface area contributed by atoms with Gasteiger partial charge in [-0.1, -0.05) is 84.9 Å². The average molecular weight is 344 g/mol. The van der Waals surface area contributed by atoms with Gasteiger partial charge in [0.25, 0.3) is 0 Å². The second kappa shape index (κ2) is 6.83. The lowest BCUT2D eigenvalue weighted by molar-refractivity contribution is 1.07. The Balaban J connectivity index is 1.71. The van der Waals surface area contributed by atoms with Crippen molar-refractivity contribution >= 4 is 11.6 Å². The van der Waals surface area contributed by atoms with E-state index in [1.165, 1.54) is 5.56 Å². The Labute approximate surface area is 151 Å². The van der Waals surface area contributed by atoms with E-state index < -0.39 is 0 Å². The van der Waals surface area contributed by atoms with Crippen molar-refractivity contribution in [3.05, 3.63) is 90.2 Å². The molecule has 0 radical (unpaired) electrons. The predicted octanol–water partition coefficient (Wildman–Crippen LogP) is 5.53. The van der Waals surface area contributed by atoms with Crippen molar-refractivity contribution in [2.75, 3.05) is 0 Å². The zero-order chi connectivity index (χ0) is 17.1. The minimum absolute atomic E-state index is 0.191. The zero-order valence-electron chi connectivity index (χ0n) is 13.3. The van der Waals surface area contributed by atoms with Crippen molar-refractivity contribution in [3.63, 3.8) is 0 Å². The summed E-state index contributed by atoms with van der Waals surface area (Å²) >= 11 is 6.11. The lowest BCUT2D eigenvalue weighted by Gasteiger charge is -2.06. The monoisotopic (exact) mass is 343 g/mol. The maximum atomic E-state index is 6.11. The third-order valence-corrected chi connectivity index (χ3v) is 4.06. The van der Waals surface area contributed by atoms with Crippen molar-refractivity contribution in [2.24, 2.45) is 0 Å². The molecule has 120 valence electrons. The first-order valence-corrected chi connectivity index (χ1v) is 8.30. The highest BCUT2D eigenvalue weighted by molar-refractivity contribution is 6.28. The van der Waals surface area contributed by atoms with Gasteiger partial charge in [0.15, 0.2) is 11.6 Å². The minimum Gasteiger partial charge on any atom is -0.208 e. The Morgan fingerprint density at radius 1 is 0.440 bits per heavy atom. The van der Waals surface area contributed by atoms with Gasteiger partial charge in [0.1, 0.15) is 0 Å². The fourth-order valence-electron chi connectivity index (χ4n) is 2.64. The molecule has 3 aromatic carbocycles. The van der Waals surface area contributed by atoms with Crippen molar-refractivity contribution in [2.45, 2.75) is 0 Å². The van der Waals surface area contributed by atoms with E-state index in [2.05, 4.69) is 39.2 Å². The molecule has 3 nitrogen and oxygen atoms in total. The van der Waals surface area contributed by atoms with Gasteiger partial charge in [-0.2, -0.15) is 9.97 Å². The molecule has 1 heterocycles. The van der Waals surface area contributed by atoms with Crippen LogP contribution in [0.4, 0.5) is 0 Å². The summed E-state index contributed by atoms with van der Waals surface area (Å²) in [5, 5.41) is 0.191. The zero-order valence-corrected chi connectivity index (χ0v) is 14.1. The Bertz CT molecular complexity index is 985. The van der Waals surface area contributed by atoms with E-state index in [1.54, 1.807) is 0 Å². The molecule has 0 saturated heterocycles. The van der Waals surface area contributed by atoms with Crippen molar-refractivity contribution < 1.29 is 0 Å². The van der Waals surface area contributed by atoms with Gasteiger partial charge in [-0.05, 0) is 22.7 Å². The molecule has 0 unspecified atom stereocenters. The van der Waals surface area contributed by atoms with Gasteiger partial charge in [0.05, 0.1) is 0 Å². The maximum Gasteiger partial charge on any atom is 0.226 e. The van der Waals surface area contributed by atoms with Crippen LogP contribution >= 0.6 is 11.6 Å². The first-order chi connectivity index (χ1) is 12.3. The molecular weight excluding hydrogens is 330 g/mol. The Morgan fingerprint density at radius 3 is 1.40 bits per heavy atom. The molecule has 0 spiro atoms. The lowest BCUT2D eigenvalue weighted by atomic mass is 10.0. The molecule has 0 aliphatic heterocycles. The summed E-state index contributed by atoms with van der Waals surface area (Å²) in [6.07, 6.45) is 0. The number of nitrogens with zero attached hydrogens (tertiary/aromatic N) is 3. The van der Waals surface area contributed by atoms with Crippen LogP contribution in [0.1, 0.15) is 0 Å². The van der Waals surface area contributed by atoms with E-state index in [0.717, 1.165) is 16.7 Å². The van der Waals surface area contributed by atoms with Gasteiger partial charge in [0, 0.05) is 11.1 Å². The molecule has 0 N–H and O–H groups in total. The van der Waals surface area contributed by atoms with E-state index in [4.69, 9.17) is 11.6 Å². The van der Waals surface area contributed by atoms with E-state index in [1.807, 2.05) is 60.7 Å². The summed E-state index contributed by atoms with van der Waals surface area (Å²) in [7, 11) is 0. The average Bonchev–Trinajstić information content (AvgIpc) is 2.69. The van der Waals surface area contributed by atoms with E-state index in [-0.39, 0.29) is 5.28 Å². The van der Waals surface area contributed by atoms with Crippen molar-refractivity contribution in [1.82, 2.24) is 15.0 Å². The first-order valence-electron chi connectivity index (χ1n) is 7.92. The predicted molar refractivity (Wildman–Crippen MR) is 101 cm³/mol. The van der Waals surface area contributed by atoms with Crippen LogP contribution in [0.5, 0.6) is 0 Å². The summed E-state index contributed by atoms with van der Waals surface area (Å²) in [6.45, 7) is 0. The Kier molecular flexibility index (Phi) is 4.23. The minimum atomic E-state index is 0.191. The highest BCUT2D eigenvalue weighted by atomic mass is 35.5. The second-order valence-corrected chi connectivity index (χ2v) is 5.90. The lowest BCUT2D eigenvalue weighted by Crippen LogP contribution is -1.97. The van der Waals surface area contributed by atoms with Crippen LogP contribution in [0, 0.1) is 0 Å². The number of hydrogen-bond acceptors (Lipinski definition) is 3. The van der Waals surface area contributed by atoms with E-state index in [0.29, 0.717) is 11.6 Å². The van der Waals surface area contributed by atoms with Gasteiger partial charge in [0.2, 0.25) is 5.28 Å². The second-order valence-electron chi connectivity index (χ2n) is 5.56. The van der Waals surface area contributed by atoms with Gasteiger partial charge in [-0.3, -0.25) is 0 Å². The third-order valence-electron chi connectivity index (χ3n) is 3.89. The van der Waals surface area contributed by atoms with Crippen LogP contribution in [0.15, 0.2) is 84.9 Å². The summed E-state index contributed by atoms with van der Waals surface area (Å²) in [5.41, 5.74) is 4.13. The van der Waals surface area contributed by atoms with Crippen LogP contribution in [0.3, 0.4) is 0 Å². The Morgan fingerprint density at radius 2 is 0.840 bits per heavy atom. The summed E-state index contributed by atoms with van der Waals surface area (Å²) < 4.78 is 0. The first kappa shape index (κ1) is 15.5. The van der Waals surface area contributed by atoms with Crippen LogP contribution in [0.25, 0.3) is 33.9 Å². The fraction of sp³-hybridized carbons (Fsp3) is 0. The van der Waals surface area contributed by atoms with Crippen molar-refractivity contribution in [1.29, 1.82) is 0 Å². The van der Waals surface area contributed by atoms with Gasteiger partial charge in [-0.25, -0.2) is 4.98 Å². The molecule has 1 aromatic heterocycles. The molecule has 0 amide bonds. The molecule has 0 aliphatic rings. The number of halogens is 1. The number of aromatic nitrogens is 3. The molecule has 0 aliphatic carbocycles. The van der Waals surface area contributed by atoms with Crippen LogP contribution in [-0.2, 0) is 0 Å². The molecule has 4 heteroatoms. The maximum absolute atomic E-state index is 6.11. The number of benzene rings is 3. The summed E-state index contributed by atoms with van der Waals surface area (Å²) in [5.74, 6) is 1.14. The third kappa shape index (κ3) is 3.42. The molecular formula is C21H14ClN3. The summed E-state index contributed by atoms with van der Waals surface area (Å²) in [6, 6.07) is 28.1. The summed E-state index contributed by atoms with van der Waals surface area (Å²) in [4.78, 5) is 13.1. The van der Waals surface area contributed by atoms with Crippen molar-refractivity contribution in [3.8, 4) is 33.9 Å². The molecule has 0 bridgehead atoms. The van der Waals surface area contributed by atoms with Gasteiger partial charge >= 0.3 is 0 Å². The van der Waals surface area contributed by atoms with Gasteiger partial charge < -0.3 is 0 Å².